The molecule has 1 amide bonds. The summed E-state index contributed by atoms with van der Waals surface area (Å²) in [6.07, 6.45) is 0.335. The topological polar surface area (TPSA) is 40.5 Å². The van der Waals surface area contributed by atoms with Crippen LogP contribution in [0.4, 0.5) is 0 Å². The average Bonchev–Trinajstić information content (AvgIpc) is 2.76. The van der Waals surface area contributed by atoms with Crippen molar-refractivity contribution in [1.82, 2.24) is 4.90 Å². The number of amides is 1. The van der Waals surface area contributed by atoms with E-state index in [0.29, 0.717) is 19.5 Å². The number of aliphatic hydroxyl groups excluding tert-OH is 1. The van der Waals surface area contributed by atoms with E-state index in [4.69, 9.17) is 0 Å². The van der Waals surface area contributed by atoms with Crippen LogP contribution in [0.3, 0.4) is 0 Å². The first kappa shape index (κ1) is 12.1. The molecule has 1 saturated heterocycles. The van der Waals surface area contributed by atoms with Gasteiger partial charge in [-0.2, -0.15) is 0 Å². The maximum absolute atomic E-state index is 12.4. The summed E-state index contributed by atoms with van der Waals surface area (Å²) in [6, 6.07) is 9.80. The molecule has 1 aliphatic heterocycles. The fourth-order valence-corrected chi connectivity index (χ4v) is 2.30. The van der Waals surface area contributed by atoms with Gasteiger partial charge in [-0.15, -0.1) is 0 Å². The highest BCUT2D eigenvalue weighted by Crippen LogP contribution is 2.27. The van der Waals surface area contributed by atoms with Crippen LogP contribution in [-0.2, 0) is 10.2 Å². The van der Waals surface area contributed by atoms with Crippen molar-refractivity contribution in [3.05, 3.63) is 35.9 Å². The van der Waals surface area contributed by atoms with Gasteiger partial charge in [0.05, 0.1) is 11.5 Å². The second-order valence-electron chi connectivity index (χ2n) is 5.18. The zero-order valence-corrected chi connectivity index (χ0v) is 10.4. The Morgan fingerprint density at radius 2 is 2.00 bits per heavy atom. The van der Waals surface area contributed by atoms with E-state index in [2.05, 4.69) is 0 Å². The number of likely N-dealkylation sites (tertiary alicyclic amines) is 1. The molecule has 0 radical (unpaired) electrons. The summed E-state index contributed by atoms with van der Waals surface area (Å²) >= 11 is 0. The van der Waals surface area contributed by atoms with Gasteiger partial charge in [-0.05, 0) is 25.8 Å². The lowest BCUT2D eigenvalue weighted by Gasteiger charge is -2.29. The molecule has 0 aliphatic carbocycles. The van der Waals surface area contributed by atoms with Crippen molar-refractivity contribution in [3.63, 3.8) is 0 Å². The van der Waals surface area contributed by atoms with E-state index in [1.165, 1.54) is 0 Å². The second kappa shape index (κ2) is 4.49. The van der Waals surface area contributed by atoms with Gasteiger partial charge >= 0.3 is 0 Å². The summed E-state index contributed by atoms with van der Waals surface area (Å²) < 4.78 is 0. The SMILES string of the molecule is CC(C)(C(=O)N1CC[C@H](O)C1)c1ccccc1. The zero-order valence-electron chi connectivity index (χ0n) is 10.4. The van der Waals surface area contributed by atoms with Gasteiger partial charge in [0, 0.05) is 13.1 Å². The summed E-state index contributed by atoms with van der Waals surface area (Å²) in [5.74, 6) is 0.0975. The van der Waals surface area contributed by atoms with Gasteiger partial charge in [0.2, 0.25) is 5.91 Å². The van der Waals surface area contributed by atoms with Crippen LogP contribution in [0.15, 0.2) is 30.3 Å². The van der Waals surface area contributed by atoms with Crippen LogP contribution >= 0.6 is 0 Å². The van der Waals surface area contributed by atoms with E-state index in [0.717, 1.165) is 5.56 Å². The standard InChI is InChI=1S/C14H19NO2/c1-14(2,11-6-4-3-5-7-11)13(17)15-9-8-12(16)10-15/h3-7,12,16H,8-10H2,1-2H3/t12-/m0/s1. The molecule has 1 atom stereocenters. The van der Waals surface area contributed by atoms with Crippen molar-refractivity contribution >= 4 is 5.91 Å². The number of hydrogen-bond acceptors (Lipinski definition) is 2. The lowest BCUT2D eigenvalue weighted by Crippen LogP contribution is -2.42. The quantitative estimate of drug-likeness (QED) is 0.842. The number of hydrogen-bond donors (Lipinski definition) is 1. The Morgan fingerprint density at radius 1 is 1.35 bits per heavy atom. The minimum atomic E-state index is -0.522. The first-order valence-electron chi connectivity index (χ1n) is 6.05. The third-order valence-electron chi connectivity index (χ3n) is 3.48. The summed E-state index contributed by atoms with van der Waals surface area (Å²) in [5.41, 5.74) is 0.497. The molecule has 0 bridgehead atoms. The van der Waals surface area contributed by atoms with Crippen molar-refractivity contribution < 1.29 is 9.90 Å². The molecule has 1 heterocycles. The molecule has 1 aliphatic rings. The molecule has 2 rings (SSSR count). The highest BCUT2D eigenvalue weighted by molar-refractivity contribution is 5.87. The molecule has 0 spiro atoms. The first-order chi connectivity index (χ1) is 8.01. The Balaban J connectivity index is 2.18. The predicted octanol–water partition coefficient (Wildman–Crippen LogP) is 1.56. The predicted molar refractivity (Wildman–Crippen MR) is 66.7 cm³/mol. The van der Waals surface area contributed by atoms with Crippen LogP contribution in [0.1, 0.15) is 25.8 Å². The number of carbonyl (C=O) groups excluding carboxylic acids is 1. The number of aliphatic hydroxyl groups is 1. The average molecular weight is 233 g/mol. The van der Waals surface area contributed by atoms with Crippen LogP contribution in [0, 0.1) is 0 Å². The van der Waals surface area contributed by atoms with Gasteiger partial charge in [0.1, 0.15) is 0 Å². The molecule has 3 heteroatoms. The van der Waals surface area contributed by atoms with Gasteiger partial charge in [-0.1, -0.05) is 30.3 Å². The molecule has 92 valence electrons. The van der Waals surface area contributed by atoms with Crippen LogP contribution in [0.5, 0.6) is 0 Å². The Labute approximate surface area is 102 Å². The summed E-state index contributed by atoms with van der Waals surface area (Å²) in [7, 11) is 0. The monoisotopic (exact) mass is 233 g/mol. The van der Waals surface area contributed by atoms with E-state index in [-0.39, 0.29) is 12.0 Å². The lowest BCUT2D eigenvalue weighted by molar-refractivity contribution is -0.135. The number of rotatable bonds is 2. The van der Waals surface area contributed by atoms with Crippen molar-refractivity contribution in [2.75, 3.05) is 13.1 Å². The van der Waals surface area contributed by atoms with Crippen LogP contribution in [0.25, 0.3) is 0 Å². The highest BCUT2D eigenvalue weighted by Gasteiger charge is 2.36. The van der Waals surface area contributed by atoms with Crippen molar-refractivity contribution in [3.8, 4) is 0 Å². The van der Waals surface area contributed by atoms with Gasteiger partial charge in [0.15, 0.2) is 0 Å². The van der Waals surface area contributed by atoms with E-state index in [9.17, 15) is 9.90 Å². The minimum Gasteiger partial charge on any atom is -0.391 e. The maximum atomic E-state index is 12.4. The van der Waals surface area contributed by atoms with E-state index >= 15 is 0 Å². The minimum absolute atomic E-state index is 0.0975. The molecule has 3 nitrogen and oxygen atoms in total. The molecule has 0 saturated carbocycles. The van der Waals surface area contributed by atoms with Crippen molar-refractivity contribution in [1.29, 1.82) is 0 Å². The molecule has 0 unspecified atom stereocenters. The third-order valence-corrected chi connectivity index (χ3v) is 3.48. The first-order valence-corrected chi connectivity index (χ1v) is 6.05. The molecular weight excluding hydrogens is 214 g/mol. The summed E-state index contributed by atoms with van der Waals surface area (Å²) in [6.45, 7) is 5.01. The van der Waals surface area contributed by atoms with Gasteiger partial charge < -0.3 is 10.0 Å². The Kier molecular flexibility index (Phi) is 3.20. The van der Waals surface area contributed by atoms with Crippen LogP contribution in [0.2, 0.25) is 0 Å². The number of β-amino-alcohol motifs (C(OH)–C–C–N with tert-alkyl or cyclic N) is 1. The summed E-state index contributed by atoms with van der Waals surface area (Å²) in [4.78, 5) is 14.2. The molecule has 1 N–H and O–H groups in total. The van der Waals surface area contributed by atoms with Gasteiger partial charge in [-0.25, -0.2) is 0 Å². The number of nitrogens with zero attached hydrogens (tertiary/aromatic N) is 1. The van der Waals surface area contributed by atoms with Gasteiger partial charge in [-0.3, -0.25) is 4.79 Å². The highest BCUT2D eigenvalue weighted by atomic mass is 16.3. The van der Waals surface area contributed by atoms with E-state index < -0.39 is 5.41 Å². The van der Waals surface area contributed by atoms with E-state index in [1.807, 2.05) is 44.2 Å². The maximum Gasteiger partial charge on any atom is 0.232 e. The zero-order chi connectivity index (χ0) is 12.5. The Morgan fingerprint density at radius 3 is 2.53 bits per heavy atom. The molecule has 1 aromatic carbocycles. The molecule has 17 heavy (non-hydrogen) atoms. The Hall–Kier alpha value is -1.35. The van der Waals surface area contributed by atoms with Gasteiger partial charge in [0.25, 0.3) is 0 Å². The van der Waals surface area contributed by atoms with Crippen molar-refractivity contribution in [2.24, 2.45) is 0 Å². The fraction of sp³-hybridized carbons (Fsp3) is 0.500. The molecule has 0 aromatic heterocycles. The lowest BCUT2D eigenvalue weighted by atomic mass is 9.83. The summed E-state index contributed by atoms with van der Waals surface area (Å²) in [5, 5.41) is 9.49. The second-order valence-corrected chi connectivity index (χ2v) is 5.18. The largest absolute Gasteiger partial charge is 0.391 e. The van der Waals surface area contributed by atoms with Crippen LogP contribution in [-0.4, -0.2) is 35.1 Å². The fourth-order valence-electron chi connectivity index (χ4n) is 2.30. The van der Waals surface area contributed by atoms with Crippen molar-refractivity contribution in [2.45, 2.75) is 31.8 Å². The number of carbonyl (C=O) groups is 1. The van der Waals surface area contributed by atoms with E-state index in [1.54, 1.807) is 4.90 Å². The normalized spacial score (nSPS) is 20.6. The smallest absolute Gasteiger partial charge is 0.232 e. The third kappa shape index (κ3) is 2.34. The molecule has 1 fully saturated rings. The molecule has 1 aromatic rings. The number of benzene rings is 1. The Bertz CT molecular complexity index is 400. The molecular formula is C14H19NO2. The van der Waals surface area contributed by atoms with Crippen LogP contribution < -0.4 is 0 Å².